The molecule has 74 valence electrons. The monoisotopic (exact) mass is 181 g/mol. The molecule has 0 aliphatic rings. The molecule has 0 saturated carbocycles. The SMILES string of the molecule is CCc1nc(C(C)C)oc1C(C)C. The lowest BCUT2D eigenvalue weighted by Crippen LogP contribution is -1.91. The van der Waals surface area contributed by atoms with Gasteiger partial charge in [-0.2, -0.15) is 0 Å². The van der Waals surface area contributed by atoms with Crippen molar-refractivity contribution in [3.63, 3.8) is 0 Å². The minimum Gasteiger partial charge on any atom is -0.445 e. The van der Waals surface area contributed by atoms with Gasteiger partial charge in [0.05, 0.1) is 5.69 Å². The Hall–Kier alpha value is -0.790. The fraction of sp³-hybridized carbons (Fsp3) is 0.727. The van der Waals surface area contributed by atoms with E-state index < -0.39 is 0 Å². The molecule has 0 saturated heterocycles. The summed E-state index contributed by atoms with van der Waals surface area (Å²) >= 11 is 0. The van der Waals surface area contributed by atoms with Crippen molar-refractivity contribution >= 4 is 0 Å². The molecule has 0 amide bonds. The third-order valence-electron chi connectivity index (χ3n) is 2.10. The molecule has 1 aromatic heterocycles. The van der Waals surface area contributed by atoms with Crippen LogP contribution in [-0.2, 0) is 6.42 Å². The quantitative estimate of drug-likeness (QED) is 0.713. The molecule has 0 atom stereocenters. The molecule has 0 unspecified atom stereocenters. The predicted octanol–water partition coefficient (Wildman–Crippen LogP) is 3.48. The van der Waals surface area contributed by atoms with Crippen LogP contribution in [0.25, 0.3) is 0 Å². The molecule has 0 aliphatic carbocycles. The maximum Gasteiger partial charge on any atom is 0.197 e. The van der Waals surface area contributed by atoms with E-state index in [2.05, 4.69) is 39.6 Å². The van der Waals surface area contributed by atoms with E-state index in [1.165, 1.54) is 0 Å². The zero-order valence-electron chi connectivity index (χ0n) is 9.22. The summed E-state index contributed by atoms with van der Waals surface area (Å²) in [5.74, 6) is 2.76. The molecule has 2 nitrogen and oxygen atoms in total. The van der Waals surface area contributed by atoms with Gasteiger partial charge >= 0.3 is 0 Å². The number of aromatic nitrogens is 1. The van der Waals surface area contributed by atoms with Crippen molar-refractivity contribution in [1.29, 1.82) is 0 Å². The van der Waals surface area contributed by atoms with Gasteiger partial charge < -0.3 is 4.42 Å². The number of hydrogen-bond acceptors (Lipinski definition) is 2. The van der Waals surface area contributed by atoms with E-state index in [0.29, 0.717) is 11.8 Å². The van der Waals surface area contributed by atoms with E-state index in [-0.39, 0.29) is 0 Å². The second-order valence-corrected chi connectivity index (χ2v) is 4.03. The number of rotatable bonds is 3. The summed E-state index contributed by atoms with van der Waals surface area (Å²) in [5, 5.41) is 0. The first-order valence-electron chi connectivity index (χ1n) is 5.05. The van der Waals surface area contributed by atoms with Crippen molar-refractivity contribution < 1.29 is 4.42 Å². The highest BCUT2D eigenvalue weighted by molar-refractivity contribution is 5.14. The maximum atomic E-state index is 5.72. The standard InChI is InChI=1S/C11H19NO/c1-6-9-10(7(2)3)13-11(12-9)8(4)5/h7-8H,6H2,1-5H3. The van der Waals surface area contributed by atoms with Gasteiger partial charge in [0, 0.05) is 11.8 Å². The van der Waals surface area contributed by atoms with Crippen LogP contribution >= 0.6 is 0 Å². The smallest absolute Gasteiger partial charge is 0.197 e. The fourth-order valence-electron chi connectivity index (χ4n) is 1.33. The summed E-state index contributed by atoms with van der Waals surface area (Å²) in [6.45, 7) is 10.6. The first kappa shape index (κ1) is 10.3. The molecular formula is C11H19NO. The molecule has 0 N–H and O–H groups in total. The highest BCUT2D eigenvalue weighted by atomic mass is 16.4. The third-order valence-corrected chi connectivity index (χ3v) is 2.10. The van der Waals surface area contributed by atoms with Gasteiger partial charge in [-0.05, 0) is 6.42 Å². The molecule has 0 aromatic carbocycles. The Morgan fingerprint density at radius 1 is 1.15 bits per heavy atom. The van der Waals surface area contributed by atoms with Crippen LogP contribution in [0.2, 0.25) is 0 Å². The number of hydrogen-bond donors (Lipinski definition) is 0. The molecule has 1 heterocycles. The van der Waals surface area contributed by atoms with Gasteiger partial charge in [0.1, 0.15) is 5.76 Å². The van der Waals surface area contributed by atoms with Gasteiger partial charge in [-0.3, -0.25) is 0 Å². The topological polar surface area (TPSA) is 26.0 Å². The van der Waals surface area contributed by atoms with Crippen molar-refractivity contribution in [1.82, 2.24) is 4.98 Å². The lowest BCUT2D eigenvalue weighted by molar-refractivity contribution is 0.421. The minimum atomic E-state index is 0.387. The van der Waals surface area contributed by atoms with Gasteiger partial charge in [-0.15, -0.1) is 0 Å². The van der Waals surface area contributed by atoms with E-state index in [1.807, 2.05) is 0 Å². The minimum absolute atomic E-state index is 0.387. The van der Waals surface area contributed by atoms with Crippen LogP contribution in [0.15, 0.2) is 4.42 Å². The molecule has 13 heavy (non-hydrogen) atoms. The van der Waals surface area contributed by atoms with Crippen molar-refractivity contribution in [2.45, 2.75) is 52.9 Å². The molecule has 1 aromatic rings. The average Bonchev–Trinajstić information content (AvgIpc) is 2.47. The van der Waals surface area contributed by atoms with Crippen LogP contribution in [0.4, 0.5) is 0 Å². The van der Waals surface area contributed by atoms with Crippen LogP contribution < -0.4 is 0 Å². The first-order chi connectivity index (χ1) is 6.06. The molecular weight excluding hydrogens is 162 g/mol. The highest BCUT2D eigenvalue weighted by Crippen LogP contribution is 2.24. The highest BCUT2D eigenvalue weighted by Gasteiger charge is 2.16. The van der Waals surface area contributed by atoms with Crippen LogP contribution in [0.5, 0.6) is 0 Å². The number of aryl methyl sites for hydroxylation is 1. The zero-order valence-corrected chi connectivity index (χ0v) is 9.22. The van der Waals surface area contributed by atoms with Gasteiger partial charge in [-0.25, -0.2) is 4.98 Å². The summed E-state index contributed by atoms with van der Waals surface area (Å²) in [7, 11) is 0. The second kappa shape index (κ2) is 3.95. The van der Waals surface area contributed by atoms with Crippen LogP contribution in [0.3, 0.4) is 0 Å². The van der Waals surface area contributed by atoms with E-state index in [4.69, 9.17) is 4.42 Å². The zero-order chi connectivity index (χ0) is 10.0. The van der Waals surface area contributed by atoms with Gasteiger partial charge in [0.25, 0.3) is 0 Å². The Bertz CT molecular complexity index is 274. The molecule has 0 radical (unpaired) electrons. The predicted molar refractivity (Wildman–Crippen MR) is 54.1 cm³/mol. The molecule has 1 rings (SSSR count). The normalized spacial score (nSPS) is 11.6. The third kappa shape index (κ3) is 2.11. The van der Waals surface area contributed by atoms with Crippen molar-refractivity contribution in [3.05, 3.63) is 17.3 Å². The van der Waals surface area contributed by atoms with Crippen LogP contribution in [0.1, 0.15) is 63.8 Å². The van der Waals surface area contributed by atoms with Gasteiger partial charge in [0.15, 0.2) is 5.89 Å². The van der Waals surface area contributed by atoms with Crippen LogP contribution in [-0.4, -0.2) is 4.98 Å². The molecule has 0 aliphatic heterocycles. The first-order valence-corrected chi connectivity index (χ1v) is 5.05. The Balaban J connectivity index is 3.04. The Kier molecular flexibility index (Phi) is 3.12. The summed E-state index contributed by atoms with van der Waals surface area (Å²) in [5.41, 5.74) is 1.12. The summed E-state index contributed by atoms with van der Waals surface area (Å²) in [6, 6.07) is 0. The largest absolute Gasteiger partial charge is 0.445 e. The van der Waals surface area contributed by atoms with E-state index in [9.17, 15) is 0 Å². The Morgan fingerprint density at radius 2 is 1.77 bits per heavy atom. The molecule has 2 heteroatoms. The van der Waals surface area contributed by atoms with E-state index >= 15 is 0 Å². The second-order valence-electron chi connectivity index (χ2n) is 4.03. The van der Waals surface area contributed by atoms with Gasteiger partial charge in [0.2, 0.25) is 0 Å². The average molecular weight is 181 g/mol. The summed E-state index contributed by atoms with van der Waals surface area (Å²) in [6.07, 6.45) is 0.962. The van der Waals surface area contributed by atoms with Crippen molar-refractivity contribution in [3.8, 4) is 0 Å². The molecule has 0 spiro atoms. The lowest BCUT2D eigenvalue weighted by Gasteiger charge is -2.01. The van der Waals surface area contributed by atoms with E-state index in [0.717, 1.165) is 23.8 Å². The summed E-state index contributed by atoms with van der Waals surface area (Å²) in [4.78, 5) is 4.48. The van der Waals surface area contributed by atoms with Crippen molar-refractivity contribution in [2.75, 3.05) is 0 Å². The Labute approximate surface area is 80.4 Å². The van der Waals surface area contributed by atoms with Crippen molar-refractivity contribution in [2.24, 2.45) is 0 Å². The maximum absolute atomic E-state index is 5.72. The summed E-state index contributed by atoms with van der Waals surface area (Å²) < 4.78 is 5.72. The lowest BCUT2D eigenvalue weighted by atomic mass is 10.1. The number of nitrogens with zero attached hydrogens (tertiary/aromatic N) is 1. The van der Waals surface area contributed by atoms with E-state index in [1.54, 1.807) is 0 Å². The van der Waals surface area contributed by atoms with Crippen LogP contribution in [0, 0.1) is 0 Å². The molecule has 0 bridgehead atoms. The Morgan fingerprint density at radius 3 is 2.08 bits per heavy atom. The van der Waals surface area contributed by atoms with Gasteiger partial charge in [-0.1, -0.05) is 34.6 Å². The number of oxazole rings is 1. The fourth-order valence-corrected chi connectivity index (χ4v) is 1.33. The molecule has 0 fully saturated rings.